The van der Waals surface area contributed by atoms with Gasteiger partial charge in [-0.15, -0.1) is 0 Å². The van der Waals surface area contributed by atoms with E-state index in [-0.39, 0.29) is 30.9 Å². The van der Waals surface area contributed by atoms with E-state index in [2.05, 4.69) is 10.3 Å². The minimum Gasteiger partial charge on any atom is -0.463 e. The molecule has 2 aromatic rings. The summed E-state index contributed by atoms with van der Waals surface area (Å²) in [6.45, 7) is 4.36. The highest BCUT2D eigenvalue weighted by Gasteiger charge is 2.42. The number of aromatic nitrogens is 1. The maximum absolute atomic E-state index is 13.3. The summed E-state index contributed by atoms with van der Waals surface area (Å²) in [5.41, 5.74) is 0.515. The molecule has 41 heavy (non-hydrogen) atoms. The first-order valence-electron chi connectivity index (χ1n) is 13.2. The average Bonchev–Trinajstić information content (AvgIpc) is 2.98. The number of cyclic esters (lactones) is 2. The van der Waals surface area contributed by atoms with E-state index < -0.39 is 66.5 Å². The number of nitrogens with zero attached hydrogens (tertiary/aromatic N) is 1. The van der Waals surface area contributed by atoms with Crippen LogP contribution in [0.3, 0.4) is 0 Å². The van der Waals surface area contributed by atoms with Crippen molar-refractivity contribution in [1.82, 2.24) is 10.3 Å². The van der Waals surface area contributed by atoms with Crippen LogP contribution in [0.5, 0.6) is 5.75 Å². The van der Waals surface area contributed by atoms with Crippen molar-refractivity contribution in [2.45, 2.75) is 51.9 Å². The number of carbonyl (C=O) groups is 5. The fraction of sp³-hybridized carbons (Fsp3) is 0.448. The quantitative estimate of drug-likeness (QED) is 0.329. The maximum atomic E-state index is 13.3. The first-order chi connectivity index (χ1) is 19.6. The van der Waals surface area contributed by atoms with Crippen LogP contribution >= 0.6 is 0 Å². The third kappa shape index (κ3) is 8.84. The van der Waals surface area contributed by atoms with Gasteiger partial charge in [0, 0.05) is 13.3 Å². The number of hydrogen-bond donors (Lipinski definition) is 1. The normalized spacial score (nSPS) is 21.0. The van der Waals surface area contributed by atoms with Gasteiger partial charge in [-0.2, -0.15) is 0 Å². The van der Waals surface area contributed by atoms with E-state index >= 15 is 0 Å². The first-order valence-corrected chi connectivity index (χ1v) is 13.2. The molecule has 0 spiro atoms. The van der Waals surface area contributed by atoms with Crippen molar-refractivity contribution in [2.24, 2.45) is 11.8 Å². The molecule has 1 aliphatic rings. The van der Waals surface area contributed by atoms with Crippen LogP contribution < -0.4 is 10.1 Å². The number of amides is 1. The van der Waals surface area contributed by atoms with Crippen molar-refractivity contribution in [1.29, 1.82) is 0 Å². The third-order valence-corrected chi connectivity index (χ3v) is 6.19. The zero-order valence-corrected chi connectivity index (χ0v) is 23.4. The standard InChI is InChI=1S/C29H34N2O10/c1-17(2)27(34)41-25-18(3)39-29(36)21(16-38-28(35)20(25)15-19-9-6-5-7-10-19)31-26(33)24-22(11-8-13-30-24)40-23(32)12-14-37-4/h5-11,13,17-18,20-21,25H,12,14-16H2,1-4H3,(H,31,33)/t18-,20+,21?,25?/m0/s1. The van der Waals surface area contributed by atoms with Crippen LogP contribution in [0.2, 0.25) is 0 Å². The Balaban J connectivity index is 1.83. The minimum atomic E-state index is -1.43. The number of hydrogen-bond acceptors (Lipinski definition) is 11. The molecular formula is C29H34N2O10. The largest absolute Gasteiger partial charge is 0.463 e. The van der Waals surface area contributed by atoms with E-state index in [0.29, 0.717) is 0 Å². The summed E-state index contributed by atoms with van der Waals surface area (Å²) in [5, 5.41) is 2.44. The molecule has 3 rings (SSSR count). The Labute approximate surface area is 237 Å². The Morgan fingerprint density at radius 3 is 2.49 bits per heavy atom. The van der Waals surface area contributed by atoms with Crippen molar-refractivity contribution < 1.29 is 47.7 Å². The van der Waals surface area contributed by atoms with Gasteiger partial charge >= 0.3 is 23.9 Å². The highest BCUT2D eigenvalue weighted by Crippen LogP contribution is 2.25. The van der Waals surface area contributed by atoms with Crippen molar-refractivity contribution >= 4 is 29.8 Å². The second-order valence-corrected chi connectivity index (χ2v) is 9.72. The van der Waals surface area contributed by atoms with Crippen LogP contribution in [-0.2, 0) is 44.5 Å². The molecule has 1 aliphatic heterocycles. The number of benzene rings is 1. The zero-order valence-electron chi connectivity index (χ0n) is 23.4. The lowest BCUT2D eigenvalue weighted by atomic mass is 9.91. The second-order valence-electron chi connectivity index (χ2n) is 9.72. The summed E-state index contributed by atoms with van der Waals surface area (Å²) < 4.78 is 26.8. The number of nitrogens with one attached hydrogen (secondary N) is 1. The van der Waals surface area contributed by atoms with E-state index in [0.717, 1.165) is 5.56 Å². The topological polar surface area (TPSA) is 156 Å². The Bertz CT molecular complexity index is 1230. The van der Waals surface area contributed by atoms with Crippen molar-refractivity contribution in [3.63, 3.8) is 0 Å². The lowest BCUT2D eigenvalue weighted by Crippen LogP contribution is -2.47. The number of pyridine rings is 1. The molecule has 0 saturated carbocycles. The van der Waals surface area contributed by atoms with Crippen LogP contribution in [0.15, 0.2) is 48.7 Å². The molecule has 0 aliphatic carbocycles. The monoisotopic (exact) mass is 570 g/mol. The molecule has 12 nitrogen and oxygen atoms in total. The Morgan fingerprint density at radius 1 is 1.07 bits per heavy atom. The third-order valence-electron chi connectivity index (χ3n) is 6.19. The molecule has 2 heterocycles. The van der Waals surface area contributed by atoms with E-state index in [1.54, 1.807) is 26.0 Å². The molecule has 1 amide bonds. The lowest BCUT2D eigenvalue weighted by Gasteiger charge is -2.29. The smallest absolute Gasteiger partial charge is 0.332 e. The Morgan fingerprint density at radius 2 is 1.80 bits per heavy atom. The van der Waals surface area contributed by atoms with Crippen molar-refractivity contribution in [3.05, 3.63) is 59.9 Å². The SMILES string of the molecule is COCCC(=O)Oc1cccnc1C(=O)NC1COC(=O)[C@H](Cc2ccccc2)C(OC(=O)C(C)C)[C@H](C)OC1=O. The van der Waals surface area contributed by atoms with Crippen molar-refractivity contribution in [3.8, 4) is 5.75 Å². The lowest BCUT2D eigenvalue weighted by molar-refractivity contribution is -0.176. The summed E-state index contributed by atoms with van der Waals surface area (Å²) in [7, 11) is 1.43. The van der Waals surface area contributed by atoms with Gasteiger partial charge in [0.05, 0.1) is 18.9 Å². The van der Waals surface area contributed by atoms with Gasteiger partial charge < -0.3 is 29.0 Å². The number of rotatable bonds is 10. The van der Waals surface area contributed by atoms with Gasteiger partial charge in [0.25, 0.3) is 5.91 Å². The molecule has 4 atom stereocenters. The van der Waals surface area contributed by atoms with Gasteiger partial charge in [0.2, 0.25) is 0 Å². The summed E-state index contributed by atoms with van der Waals surface area (Å²) in [5.74, 6) is -5.36. The van der Waals surface area contributed by atoms with Crippen LogP contribution in [0.1, 0.15) is 43.2 Å². The molecule has 0 bridgehead atoms. The molecule has 1 aromatic carbocycles. The Kier molecular flexibility index (Phi) is 11.3. The van der Waals surface area contributed by atoms with Crippen LogP contribution in [0.25, 0.3) is 0 Å². The van der Waals surface area contributed by atoms with Gasteiger partial charge in [-0.3, -0.25) is 19.2 Å². The summed E-state index contributed by atoms with van der Waals surface area (Å²) >= 11 is 0. The zero-order chi connectivity index (χ0) is 29.9. The highest BCUT2D eigenvalue weighted by atomic mass is 16.6. The highest BCUT2D eigenvalue weighted by molar-refractivity contribution is 5.98. The molecule has 2 unspecified atom stereocenters. The summed E-state index contributed by atoms with van der Waals surface area (Å²) in [6.07, 6.45) is -0.796. The van der Waals surface area contributed by atoms with Crippen LogP contribution in [0, 0.1) is 11.8 Å². The second kappa shape index (κ2) is 14.9. The minimum absolute atomic E-state index is 0.0536. The van der Waals surface area contributed by atoms with Gasteiger partial charge in [0.1, 0.15) is 18.6 Å². The molecule has 1 fully saturated rings. The molecule has 1 aromatic heterocycles. The number of esters is 4. The number of methoxy groups -OCH3 is 1. The molecule has 0 radical (unpaired) electrons. The Hall–Kier alpha value is -4.32. The van der Waals surface area contributed by atoms with E-state index in [1.807, 2.05) is 18.2 Å². The molecular weight excluding hydrogens is 536 g/mol. The van der Waals surface area contributed by atoms with E-state index in [4.69, 9.17) is 23.7 Å². The van der Waals surface area contributed by atoms with Crippen LogP contribution in [0.4, 0.5) is 0 Å². The van der Waals surface area contributed by atoms with Gasteiger partial charge in [0.15, 0.2) is 23.6 Å². The fourth-order valence-electron chi connectivity index (χ4n) is 3.98. The molecule has 1 saturated heterocycles. The maximum Gasteiger partial charge on any atom is 0.332 e. The summed E-state index contributed by atoms with van der Waals surface area (Å²) in [6, 6.07) is 10.5. The van der Waals surface area contributed by atoms with Gasteiger partial charge in [-0.1, -0.05) is 44.2 Å². The predicted molar refractivity (Wildman–Crippen MR) is 142 cm³/mol. The summed E-state index contributed by atoms with van der Waals surface area (Å²) in [4.78, 5) is 68.1. The fourth-order valence-corrected chi connectivity index (χ4v) is 3.98. The van der Waals surface area contributed by atoms with Crippen LogP contribution in [-0.4, -0.2) is 73.3 Å². The molecule has 12 heteroatoms. The number of carbonyl (C=O) groups excluding carboxylic acids is 5. The molecule has 220 valence electrons. The number of ether oxygens (including phenoxy) is 5. The van der Waals surface area contributed by atoms with E-state index in [1.165, 1.54) is 32.4 Å². The predicted octanol–water partition coefficient (Wildman–Crippen LogP) is 2.04. The van der Waals surface area contributed by atoms with Gasteiger partial charge in [-0.05, 0) is 31.0 Å². The van der Waals surface area contributed by atoms with Gasteiger partial charge in [-0.25, -0.2) is 9.78 Å². The first kappa shape index (κ1) is 31.2. The average molecular weight is 571 g/mol. The van der Waals surface area contributed by atoms with E-state index in [9.17, 15) is 24.0 Å². The molecule has 1 N–H and O–H groups in total. The van der Waals surface area contributed by atoms with Crippen molar-refractivity contribution in [2.75, 3.05) is 20.3 Å².